The summed E-state index contributed by atoms with van der Waals surface area (Å²) < 4.78 is 0. The lowest BCUT2D eigenvalue weighted by molar-refractivity contribution is -0.146. The number of ketones is 1. The minimum absolute atomic E-state index is 0.0183. The van der Waals surface area contributed by atoms with Crippen LogP contribution in [-0.2, 0) is 14.4 Å². The van der Waals surface area contributed by atoms with Crippen LogP contribution in [-0.4, -0.2) is 39.1 Å². The van der Waals surface area contributed by atoms with Gasteiger partial charge in [0.05, 0.1) is 6.26 Å². The van der Waals surface area contributed by atoms with Crippen LogP contribution in [0.4, 0.5) is 0 Å². The van der Waals surface area contributed by atoms with Crippen molar-refractivity contribution in [1.29, 1.82) is 0 Å². The fourth-order valence-electron chi connectivity index (χ4n) is 0.842. The molecule has 7 heteroatoms. The predicted octanol–water partition coefficient (Wildman–Crippen LogP) is -0.560. The number of rotatable bonds is 6. The molecular formula is C9H11NO6. The van der Waals surface area contributed by atoms with Gasteiger partial charge >= 0.3 is 11.9 Å². The Labute approximate surface area is 90.5 Å². The number of carbonyl (C=O) groups excluding carboxylic acids is 1. The monoisotopic (exact) mass is 229 g/mol. The van der Waals surface area contributed by atoms with Crippen molar-refractivity contribution in [2.75, 3.05) is 0 Å². The summed E-state index contributed by atoms with van der Waals surface area (Å²) in [6.07, 6.45) is 2.02. The number of nitrogens with two attached hydrogens (primary N) is 1. The van der Waals surface area contributed by atoms with E-state index in [0.717, 1.165) is 6.08 Å². The zero-order valence-corrected chi connectivity index (χ0v) is 8.16. The molecular weight excluding hydrogens is 218 g/mol. The number of carboxylic acids is 2. The molecule has 0 aliphatic heterocycles. The van der Waals surface area contributed by atoms with Gasteiger partial charge in [-0.15, -0.1) is 0 Å². The van der Waals surface area contributed by atoms with Crippen molar-refractivity contribution in [2.45, 2.75) is 12.5 Å². The molecule has 88 valence electrons. The van der Waals surface area contributed by atoms with Gasteiger partial charge in [0, 0.05) is 0 Å². The Kier molecular flexibility index (Phi) is 5.50. The van der Waals surface area contributed by atoms with Gasteiger partial charge in [0.15, 0.2) is 0 Å². The molecule has 0 saturated heterocycles. The van der Waals surface area contributed by atoms with Crippen LogP contribution in [0.5, 0.6) is 0 Å². The maximum absolute atomic E-state index is 10.8. The number of aliphatic hydroxyl groups is 1. The predicted molar refractivity (Wildman–Crippen MR) is 52.7 cm³/mol. The normalized spacial score (nSPS) is 13.7. The maximum atomic E-state index is 10.8. The molecule has 1 atom stereocenters. The van der Waals surface area contributed by atoms with Gasteiger partial charge in [-0.3, -0.25) is 9.59 Å². The highest BCUT2D eigenvalue weighted by Crippen LogP contribution is 2.06. The number of aliphatic hydroxyl groups excluding tert-OH is 1. The summed E-state index contributed by atoms with van der Waals surface area (Å²) in [5.74, 6) is -4.18. The van der Waals surface area contributed by atoms with Crippen LogP contribution in [0.1, 0.15) is 6.42 Å². The van der Waals surface area contributed by atoms with Crippen LogP contribution in [0.2, 0.25) is 0 Å². The minimum Gasteiger partial charge on any atom is -0.516 e. The summed E-state index contributed by atoms with van der Waals surface area (Å²) in [7, 11) is 0. The first-order chi connectivity index (χ1) is 7.38. The Bertz CT molecular complexity index is 357. The van der Waals surface area contributed by atoms with E-state index in [4.69, 9.17) is 21.1 Å². The maximum Gasteiger partial charge on any atom is 0.376 e. The fourth-order valence-corrected chi connectivity index (χ4v) is 0.842. The van der Waals surface area contributed by atoms with Gasteiger partial charge in [-0.25, -0.2) is 4.79 Å². The van der Waals surface area contributed by atoms with E-state index in [1.165, 1.54) is 0 Å². The summed E-state index contributed by atoms with van der Waals surface area (Å²) in [5.41, 5.74) is 5.20. The molecule has 0 amide bonds. The van der Waals surface area contributed by atoms with E-state index in [1.807, 2.05) is 0 Å². The highest BCUT2D eigenvalue weighted by atomic mass is 16.4. The molecule has 0 radical (unpaired) electrons. The summed E-state index contributed by atoms with van der Waals surface area (Å²) in [5, 5.41) is 25.3. The van der Waals surface area contributed by atoms with Crippen LogP contribution in [0.25, 0.3) is 0 Å². The third kappa shape index (κ3) is 4.91. The smallest absolute Gasteiger partial charge is 0.376 e. The molecule has 0 unspecified atom stereocenters. The van der Waals surface area contributed by atoms with Crippen LogP contribution < -0.4 is 5.73 Å². The van der Waals surface area contributed by atoms with E-state index in [0.29, 0.717) is 12.3 Å². The Balaban J connectivity index is 4.81. The fraction of sp³-hybridized carbons (Fsp3) is 0.222. The van der Waals surface area contributed by atoms with Crippen molar-refractivity contribution < 1.29 is 29.7 Å². The first-order valence-corrected chi connectivity index (χ1v) is 4.15. The van der Waals surface area contributed by atoms with Crippen molar-refractivity contribution in [3.8, 4) is 0 Å². The third-order valence-electron chi connectivity index (χ3n) is 1.59. The Morgan fingerprint density at radius 3 is 2.19 bits per heavy atom. The SMILES string of the molecule is N[C@@H](C/C(C=CO)=C/C(=O)C(=O)O)C(=O)O. The molecule has 5 N–H and O–H groups in total. The molecule has 0 aromatic carbocycles. The van der Waals surface area contributed by atoms with E-state index in [2.05, 4.69) is 0 Å². The molecule has 16 heavy (non-hydrogen) atoms. The van der Waals surface area contributed by atoms with Gasteiger partial charge < -0.3 is 21.1 Å². The van der Waals surface area contributed by atoms with Crippen LogP contribution >= 0.6 is 0 Å². The molecule has 0 spiro atoms. The molecule has 0 saturated carbocycles. The lowest BCUT2D eigenvalue weighted by Gasteiger charge is -2.06. The molecule has 0 aliphatic carbocycles. The zero-order chi connectivity index (χ0) is 12.7. The van der Waals surface area contributed by atoms with E-state index < -0.39 is 23.8 Å². The average Bonchev–Trinajstić information content (AvgIpc) is 2.17. The minimum atomic E-state index is -1.67. The second kappa shape index (κ2) is 6.36. The Morgan fingerprint density at radius 2 is 1.81 bits per heavy atom. The van der Waals surface area contributed by atoms with Crippen LogP contribution in [0.3, 0.4) is 0 Å². The van der Waals surface area contributed by atoms with Crippen LogP contribution in [0, 0.1) is 0 Å². The van der Waals surface area contributed by atoms with Gasteiger partial charge in [0.25, 0.3) is 5.78 Å². The van der Waals surface area contributed by atoms with Gasteiger partial charge in [0.1, 0.15) is 6.04 Å². The number of hydrogen-bond donors (Lipinski definition) is 4. The van der Waals surface area contributed by atoms with E-state index >= 15 is 0 Å². The Hall–Kier alpha value is -2.15. The highest BCUT2D eigenvalue weighted by molar-refractivity contribution is 6.37. The van der Waals surface area contributed by atoms with Crippen molar-refractivity contribution in [2.24, 2.45) is 5.73 Å². The number of hydrogen-bond acceptors (Lipinski definition) is 5. The molecule has 0 heterocycles. The zero-order valence-electron chi connectivity index (χ0n) is 8.16. The number of aliphatic carboxylic acids is 2. The number of carbonyl (C=O) groups is 3. The van der Waals surface area contributed by atoms with Crippen LogP contribution in [0.15, 0.2) is 24.0 Å². The average molecular weight is 229 g/mol. The van der Waals surface area contributed by atoms with E-state index in [1.54, 1.807) is 0 Å². The molecule has 0 aromatic heterocycles. The Morgan fingerprint density at radius 1 is 1.25 bits per heavy atom. The van der Waals surface area contributed by atoms with Crippen molar-refractivity contribution in [1.82, 2.24) is 0 Å². The van der Waals surface area contributed by atoms with E-state index in [9.17, 15) is 14.4 Å². The molecule has 0 rings (SSSR count). The largest absolute Gasteiger partial charge is 0.516 e. The standard InChI is InChI=1S/C9H11NO6/c10-6(8(13)14)3-5(1-2-11)4-7(12)9(15)16/h1-2,4,6,11H,3,10H2,(H,13,14)(H,15,16)/b2-1?,5-4+/t6-/m0/s1. The van der Waals surface area contributed by atoms with E-state index in [-0.39, 0.29) is 12.0 Å². The second-order valence-electron chi connectivity index (χ2n) is 2.85. The van der Waals surface area contributed by atoms with Crippen molar-refractivity contribution >= 4 is 17.7 Å². The van der Waals surface area contributed by atoms with Crippen molar-refractivity contribution in [3.63, 3.8) is 0 Å². The topological polar surface area (TPSA) is 138 Å². The molecule has 0 aliphatic rings. The number of allylic oxidation sites excluding steroid dienone is 1. The van der Waals surface area contributed by atoms with Gasteiger partial charge in [-0.1, -0.05) is 0 Å². The highest BCUT2D eigenvalue weighted by Gasteiger charge is 2.15. The third-order valence-corrected chi connectivity index (χ3v) is 1.59. The van der Waals surface area contributed by atoms with Gasteiger partial charge in [-0.05, 0) is 24.1 Å². The van der Waals surface area contributed by atoms with Gasteiger partial charge in [0.2, 0.25) is 0 Å². The lowest BCUT2D eigenvalue weighted by atomic mass is 10.1. The first kappa shape index (κ1) is 13.8. The molecule has 0 bridgehead atoms. The van der Waals surface area contributed by atoms with Gasteiger partial charge in [-0.2, -0.15) is 0 Å². The lowest BCUT2D eigenvalue weighted by Crippen LogP contribution is -2.30. The number of carboxylic acid groups (broad SMARTS) is 2. The quantitative estimate of drug-likeness (QED) is 0.207. The molecule has 0 fully saturated rings. The first-order valence-electron chi connectivity index (χ1n) is 4.15. The second-order valence-corrected chi connectivity index (χ2v) is 2.85. The summed E-state index contributed by atoms with van der Waals surface area (Å²) in [6, 6.07) is -1.27. The molecule has 7 nitrogen and oxygen atoms in total. The summed E-state index contributed by atoms with van der Waals surface area (Å²) >= 11 is 0. The van der Waals surface area contributed by atoms with Crippen molar-refractivity contribution in [3.05, 3.63) is 24.0 Å². The summed E-state index contributed by atoms with van der Waals surface area (Å²) in [4.78, 5) is 31.4. The summed E-state index contributed by atoms with van der Waals surface area (Å²) in [6.45, 7) is 0. The molecule has 0 aromatic rings.